The van der Waals surface area contributed by atoms with Gasteiger partial charge in [-0.1, -0.05) is 0 Å². The van der Waals surface area contributed by atoms with Gasteiger partial charge in [0.25, 0.3) is 0 Å². The highest BCUT2D eigenvalue weighted by Crippen LogP contribution is 2.28. The van der Waals surface area contributed by atoms with Crippen molar-refractivity contribution in [1.82, 2.24) is 9.97 Å². The Labute approximate surface area is 107 Å². The molecule has 2 heterocycles. The first-order valence-electron chi connectivity index (χ1n) is 5.33. The van der Waals surface area contributed by atoms with Gasteiger partial charge in [-0.2, -0.15) is 0 Å². The van der Waals surface area contributed by atoms with Crippen LogP contribution in [0.4, 0.5) is 5.82 Å². The van der Waals surface area contributed by atoms with E-state index in [0.717, 1.165) is 16.0 Å². The lowest BCUT2D eigenvalue weighted by Crippen LogP contribution is -2.22. The summed E-state index contributed by atoms with van der Waals surface area (Å²) in [6, 6.07) is 0.140. The van der Waals surface area contributed by atoms with Gasteiger partial charge < -0.3 is 5.32 Å². The minimum Gasteiger partial charge on any atom is -0.365 e. The molecule has 2 aromatic rings. The van der Waals surface area contributed by atoms with Crippen molar-refractivity contribution in [2.24, 2.45) is 0 Å². The highest BCUT2D eigenvalue weighted by atomic mass is 32.2. The van der Waals surface area contributed by atoms with E-state index >= 15 is 0 Å². The third-order valence-electron chi connectivity index (χ3n) is 2.40. The largest absolute Gasteiger partial charge is 0.365 e. The Kier molecular flexibility index (Phi) is 3.73. The van der Waals surface area contributed by atoms with Crippen molar-refractivity contribution in [1.29, 1.82) is 0 Å². The molecule has 2 aromatic heterocycles. The number of nitrogens with one attached hydrogen (secondary N) is 1. The highest BCUT2D eigenvalue weighted by molar-refractivity contribution is 7.84. The SMILES string of the molecule is Cc1csc2c(NC(C)CS(C)=O)ncnc12. The van der Waals surface area contributed by atoms with Crippen LogP contribution >= 0.6 is 11.3 Å². The van der Waals surface area contributed by atoms with Crippen molar-refractivity contribution in [3.63, 3.8) is 0 Å². The average molecular weight is 269 g/mol. The Hall–Kier alpha value is -1.01. The molecule has 0 saturated heterocycles. The number of anilines is 1. The minimum atomic E-state index is -0.800. The van der Waals surface area contributed by atoms with Gasteiger partial charge in [-0.3, -0.25) is 4.21 Å². The third kappa shape index (κ3) is 2.81. The molecule has 0 fully saturated rings. The smallest absolute Gasteiger partial charge is 0.147 e. The molecular formula is C11H15N3OS2. The van der Waals surface area contributed by atoms with Gasteiger partial charge in [0.05, 0.1) is 10.2 Å². The van der Waals surface area contributed by atoms with Crippen molar-refractivity contribution in [3.05, 3.63) is 17.3 Å². The van der Waals surface area contributed by atoms with Crippen LogP contribution in [0.25, 0.3) is 10.2 Å². The average Bonchev–Trinajstić information content (AvgIpc) is 2.61. The molecule has 0 aliphatic heterocycles. The van der Waals surface area contributed by atoms with Crippen LogP contribution in [-0.4, -0.2) is 32.2 Å². The Morgan fingerprint density at radius 2 is 2.29 bits per heavy atom. The van der Waals surface area contributed by atoms with E-state index < -0.39 is 10.8 Å². The summed E-state index contributed by atoms with van der Waals surface area (Å²) in [5.41, 5.74) is 2.17. The summed E-state index contributed by atoms with van der Waals surface area (Å²) < 4.78 is 12.2. The molecule has 0 saturated carbocycles. The number of hydrogen-bond acceptors (Lipinski definition) is 5. The molecule has 0 bridgehead atoms. The van der Waals surface area contributed by atoms with E-state index in [1.165, 1.54) is 5.56 Å². The summed E-state index contributed by atoms with van der Waals surface area (Å²) in [6.45, 7) is 4.05. The lowest BCUT2D eigenvalue weighted by atomic mass is 10.3. The summed E-state index contributed by atoms with van der Waals surface area (Å²) >= 11 is 1.64. The van der Waals surface area contributed by atoms with Crippen molar-refractivity contribution >= 4 is 38.2 Å². The summed E-state index contributed by atoms with van der Waals surface area (Å²) in [4.78, 5) is 8.53. The zero-order valence-corrected chi connectivity index (χ0v) is 11.7. The van der Waals surface area contributed by atoms with E-state index in [1.54, 1.807) is 23.9 Å². The zero-order valence-electron chi connectivity index (χ0n) is 10.1. The Bertz CT molecular complexity index is 553. The van der Waals surface area contributed by atoms with Crippen molar-refractivity contribution in [2.45, 2.75) is 19.9 Å². The minimum absolute atomic E-state index is 0.140. The molecule has 2 atom stereocenters. The number of fused-ring (bicyclic) bond motifs is 1. The highest BCUT2D eigenvalue weighted by Gasteiger charge is 2.11. The molecule has 2 rings (SSSR count). The van der Waals surface area contributed by atoms with Crippen LogP contribution < -0.4 is 5.32 Å². The molecule has 0 amide bonds. The Morgan fingerprint density at radius 3 is 3.00 bits per heavy atom. The monoisotopic (exact) mass is 269 g/mol. The summed E-state index contributed by atoms with van der Waals surface area (Å²) in [7, 11) is -0.800. The lowest BCUT2D eigenvalue weighted by Gasteiger charge is -2.13. The second kappa shape index (κ2) is 5.10. The topological polar surface area (TPSA) is 54.9 Å². The standard InChI is InChI=1S/C11H15N3OS2/c1-7-4-16-10-9(7)12-6-13-11(10)14-8(2)5-17(3)15/h4,6,8H,5H2,1-3H3,(H,12,13,14). The van der Waals surface area contributed by atoms with Crippen LogP contribution in [-0.2, 0) is 10.8 Å². The number of hydrogen-bond donors (Lipinski definition) is 1. The number of nitrogens with zero attached hydrogens (tertiary/aromatic N) is 2. The Balaban J connectivity index is 2.27. The fraction of sp³-hybridized carbons (Fsp3) is 0.455. The van der Waals surface area contributed by atoms with Gasteiger partial charge in [-0.25, -0.2) is 9.97 Å². The number of aryl methyl sites for hydroxylation is 1. The summed E-state index contributed by atoms with van der Waals surface area (Å²) in [6.07, 6.45) is 3.28. The molecule has 4 nitrogen and oxygen atoms in total. The molecule has 0 spiro atoms. The fourth-order valence-corrected chi connectivity index (χ4v) is 3.44. The van der Waals surface area contributed by atoms with Crippen LogP contribution in [0.5, 0.6) is 0 Å². The van der Waals surface area contributed by atoms with E-state index in [1.807, 2.05) is 13.8 Å². The van der Waals surface area contributed by atoms with Gasteiger partial charge in [0, 0.05) is 28.9 Å². The molecule has 0 aromatic carbocycles. The van der Waals surface area contributed by atoms with Crippen LogP contribution in [0.1, 0.15) is 12.5 Å². The molecule has 17 heavy (non-hydrogen) atoms. The molecule has 0 aliphatic carbocycles. The van der Waals surface area contributed by atoms with Gasteiger partial charge in [-0.05, 0) is 24.8 Å². The van der Waals surface area contributed by atoms with Crippen LogP contribution in [0.2, 0.25) is 0 Å². The van der Waals surface area contributed by atoms with E-state index in [9.17, 15) is 4.21 Å². The van der Waals surface area contributed by atoms with Crippen LogP contribution in [0, 0.1) is 6.92 Å². The molecular weight excluding hydrogens is 254 g/mol. The normalized spacial score (nSPS) is 14.8. The van der Waals surface area contributed by atoms with E-state index in [2.05, 4.69) is 20.7 Å². The molecule has 0 radical (unpaired) electrons. The second-order valence-corrected chi connectivity index (χ2v) is 6.46. The molecule has 1 N–H and O–H groups in total. The van der Waals surface area contributed by atoms with Gasteiger partial charge in [0.2, 0.25) is 0 Å². The number of aromatic nitrogens is 2. The maximum Gasteiger partial charge on any atom is 0.147 e. The molecule has 2 unspecified atom stereocenters. The van der Waals surface area contributed by atoms with Crippen molar-refractivity contribution < 1.29 is 4.21 Å². The Morgan fingerprint density at radius 1 is 1.53 bits per heavy atom. The molecule has 6 heteroatoms. The third-order valence-corrected chi connectivity index (χ3v) is 4.46. The molecule has 92 valence electrons. The van der Waals surface area contributed by atoms with Crippen molar-refractivity contribution in [3.8, 4) is 0 Å². The van der Waals surface area contributed by atoms with Crippen molar-refractivity contribution in [2.75, 3.05) is 17.3 Å². The van der Waals surface area contributed by atoms with Gasteiger partial charge in [0.15, 0.2) is 0 Å². The predicted octanol–water partition coefficient (Wildman–Crippen LogP) is 2.18. The zero-order chi connectivity index (χ0) is 12.4. The quantitative estimate of drug-likeness (QED) is 0.924. The van der Waals surface area contributed by atoms with E-state index in [0.29, 0.717) is 5.75 Å². The van der Waals surface area contributed by atoms with Gasteiger partial charge >= 0.3 is 0 Å². The van der Waals surface area contributed by atoms with Gasteiger partial charge in [-0.15, -0.1) is 11.3 Å². The first-order valence-corrected chi connectivity index (χ1v) is 7.94. The molecule has 0 aliphatic rings. The lowest BCUT2D eigenvalue weighted by molar-refractivity contribution is 0.683. The summed E-state index contributed by atoms with van der Waals surface area (Å²) in [5.74, 6) is 1.46. The maximum absolute atomic E-state index is 11.2. The maximum atomic E-state index is 11.2. The van der Waals surface area contributed by atoms with Gasteiger partial charge in [0.1, 0.15) is 12.1 Å². The van der Waals surface area contributed by atoms with Crippen LogP contribution in [0.3, 0.4) is 0 Å². The van der Waals surface area contributed by atoms with E-state index in [4.69, 9.17) is 0 Å². The first kappa shape index (κ1) is 12.4. The number of thiophene rings is 1. The fourth-order valence-electron chi connectivity index (χ4n) is 1.70. The second-order valence-electron chi connectivity index (χ2n) is 4.10. The number of rotatable bonds is 4. The predicted molar refractivity (Wildman–Crippen MR) is 74.2 cm³/mol. The van der Waals surface area contributed by atoms with E-state index in [-0.39, 0.29) is 6.04 Å². The summed E-state index contributed by atoms with van der Waals surface area (Å²) in [5, 5.41) is 5.37. The first-order chi connectivity index (χ1) is 8.08. The van der Waals surface area contributed by atoms with Crippen LogP contribution in [0.15, 0.2) is 11.7 Å².